The van der Waals surface area contributed by atoms with Gasteiger partial charge in [-0.25, -0.2) is 4.79 Å². The fourth-order valence-electron chi connectivity index (χ4n) is 2.23. The zero-order chi connectivity index (χ0) is 20.4. The second-order valence-corrected chi connectivity index (χ2v) is 6.18. The van der Waals surface area contributed by atoms with Gasteiger partial charge < -0.3 is 9.47 Å². The van der Waals surface area contributed by atoms with Gasteiger partial charge in [0.15, 0.2) is 0 Å². The monoisotopic (exact) mass is 373 g/mol. The molecule has 0 amide bonds. The maximum absolute atomic E-state index is 12.0. The first-order valence-corrected chi connectivity index (χ1v) is 8.94. The molecule has 6 heteroatoms. The number of hydrogen-bond donors (Lipinski definition) is 0. The number of hydrogen-bond acceptors (Lipinski definition) is 5. The summed E-state index contributed by atoms with van der Waals surface area (Å²) in [6.45, 7) is 9.97. The average Bonchev–Trinajstić information content (AvgIpc) is 2.64. The van der Waals surface area contributed by atoms with Gasteiger partial charge in [0.2, 0.25) is 0 Å². The van der Waals surface area contributed by atoms with Gasteiger partial charge in [-0.1, -0.05) is 43.2 Å². The Kier molecular flexibility index (Phi) is 8.99. The van der Waals surface area contributed by atoms with Crippen LogP contribution >= 0.6 is 0 Å². The third kappa shape index (κ3) is 7.48. The van der Waals surface area contributed by atoms with Crippen molar-refractivity contribution >= 4 is 11.8 Å². The Morgan fingerprint density at radius 1 is 1.19 bits per heavy atom. The molecule has 27 heavy (non-hydrogen) atoms. The Morgan fingerprint density at radius 3 is 2.33 bits per heavy atom. The van der Waals surface area contributed by atoms with E-state index < -0.39 is 17.2 Å². The van der Waals surface area contributed by atoms with E-state index in [1.54, 1.807) is 6.92 Å². The molecule has 0 aliphatic rings. The smallest absolute Gasteiger partial charge is 0.426 e. The van der Waals surface area contributed by atoms with Crippen molar-refractivity contribution in [2.75, 3.05) is 0 Å². The first-order chi connectivity index (χ1) is 12.8. The molecular weight excluding hydrogens is 346 g/mol. The highest BCUT2D eigenvalue weighted by atomic mass is 16.7. The van der Waals surface area contributed by atoms with Gasteiger partial charge in [0.25, 0.3) is 5.69 Å². The second kappa shape index (κ2) is 11.0. The number of rotatable bonds is 8. The summed E-state index contributed by atoms with van der Waals surface area (Å²) in [6, 6.07) is 5.25. The number of benzene rings is 1. The molecule has 0 fully saturated rings. The molecule has 0 saturated heterocycles. The van der Waals surface area contributed by atoms with E-state index in [4.69, 9.17) is 9.47 Å². The summed E-state index contributed by atoms with van der Waals surface area (Å²) in [6.07, 6.45) is 6.40. The molecule has 0 radical (unpaired) electrons. The van der Waals surface area contributed by atoms with E-state index in [0.717, 1.165) is 24.0 Å². The summed E-state index contributed by atoms with van der Waals surface area (Å²) in [5.74, 6) is 0.188. The maximum Gasteiger partial charge on any atom is 0.514 e. The molecular formula is C21H27NO5. The van der Waals surface area contributed by atoms with Crippen molar-refractivity contribution in [1.29, 1.82) is 0 Å². The third-order valence-corrected chi connectivity index (χ3v) is 4.20. The first kappa shape index (κ1) is 22.2. The lowest BCUT2D eigenvalue weighted by Gasteiger charge is -2.16. The van der Waals surface area contributed by atoms with Gasteiger partial charge >= 0.3 is 6.16 Å². The highest BCUT2D eigenvalue weighted by molar-refractivity contribution is 5.64. The number of allylic oxidation sites excluding steroid dienone is 4. The van der Waals surface area contributed by atoms with E-state index in [1.165, 1.54) is 29.8 Å². The van der Waals surface area contributed by atoms with Crippen LogP contribution in [0, 0.1) is 10.1 Å². The van der Waals surface area contributed by atoms with Crippen molar-refractivity contribution in [3.8, 4) is 5.75 Å². The Hall–Kier alpha value is -2.89. The fourth-order valence-corrected chi connectivity index (χ4v) is 2.23. The highest BCUT2D eigenvalue weighted by Gasteiger charge is 2.16. The largest absolute Gasteiger partial charge is 0.514 e. The summed E-state index contributed by atoms with van der Waals surface area (Å²) in [5.41, 5.74) is 3.21. The Morgan fingerprint density at radius 2 is 1.81 bits per heavy atom. The van der Waals surface area contributed by atoms with E-state index in [1.807, 2.05) is 32.1 Å². The molecule has 0 N–H and O–H groups in total. The topological polar surface area (TPSA) is 78.7 Å². The Labute approximate surface area is 160 Å². The van der Waals surface area contributed by atoms with Crippen molar-refractivity contribution in [3.63, 3.8) is 0 Å². The number of non-ortho nitro benzene ring substituents is 1. The van der Waals surface area contributed by atoms with Gasteiger partial charge in [-0.3, -0.25) is 10.1 Å². The van der Waals surface area contributed by atoms with E-state index in [9.17, 15) is 14.9 Å². The van der Waals surface area contributed by atoms with Gasteiger partial charge in [0, 0.05) is 12.1 Å². The molecule has 0 saturated carbocycles. The van der Waals surface area contributed by atoms with Crippen molar-refractivity contribution in [2.24, 2.45) is 0 Å². The van der Waals surface area contributed by atoms with Crippen LogP contribution in [0.3, 0.4) is 0 Å². The number of carbonyl (C=O) groups is 1. The SMILES string of the molecule is CC/C(C)=C(/C=C\C=C(/C)CC)C(C)OC(=O)Oc1ccc([N+](=O)[O-])cc1. The molecule has 0 spiro atoms. The van der Waals surface area contributed by atoms with E-state index in [-0.39, 0.29) is 11.4 Å². The van der Waals surface area contributed by atoms with Crippen molar-refractivity contribution < 1.29 is 19.2 Å². The average molecular weight is 373 g/mol. The van der Waals surface area contributed by atoms with Crippen LogP contribution < -0.4 is 4.74 Å². The minimum atomic E-state index is -0.855. The Balaban J connectivity index is 2.81. The lowest BCUT2D eigenvalue weighted by Crippen LogP contribution is -2.20. The van der Waals surface area contributed by atoms with E-state index >= 15 is 0 Å². The van der Waals surface area contributed by atoms with Gasteiger partial charge in [-0.15, -0.1) is 0 Å². The number of nitro groups is 1. The van der Waals surface area contributed by atoms with Crippen LogP contribution in [0.25, 0.3) is 0 Å². The zero-order valence-electron chi connectivity index (χ0n) is 16.5. The van der Waals surface area contributed by atoms with Crippen LogP contribution in [-0.4, -0.2) is 17.2 Å². The summed E-state index contributed by atoms with van der Waals surface area (Å²) >= 11 is 0. The predicted octanol–water partition coefficient (Wildman–Crippen LogP) is 6.14. The van der Waals surface area contributed by atoms with Gasteiger partial charge in [0.05, 0.1) is 4.92 Å². The van der Waals surface area contributed by atoms with Crippen molar-refractivity contribution in [3.05, 3.63) is 69.3 Å². The molecule has 0 aromatic heterocycles. The van der Waals surface area contributed by atoms with Crippen LogP contribution in [-0.2, 0) is 4.74 Å². The molecule has 6 nitrogen and oxygen atoms in total. The minimum Gasteiger partial charge on any atom is -0.426 e. The first-order valence-electron chi connectivity index (χ1n) is 8.94. The lowest BCUT2D eigenvalue weighted by molar-refractivity contribution is -0.384. The summed E-state index contributed by atoms with van der Waals surface area (Å²) in [7, 11) is 0. The fraction of sp³-hybridized carbons (Fsp3) is 0.381. The molecule has 0 aliphatic carbocycles. The van der Waals surface area contributed by atoms with Crippen LogP contribution in [0.15, 0.2) is 59.2 Å². The van der Waals surface area contributed by atoms with Crippen LogP contribution in [0.2, 0.25) is 0 Å². The molecule has 1 atom stereocenters. The van der Waals surface area contributed by atoms with Crippen molar-refractivity contribution in [2.45, 2.75) is 53.6 Å². The predicted molar refractivity (Wildman–Crippen MR) is 106 cm³/mol. The van der Waals surface area contributed by atoms with Crippen LogP contribution in [0.1, 0.15) is 47.5 Å². The number of nitrogens with zero attached hydrogens (tertiary/aromatic N) is 1. The molecule has 0 aliphatic heterocycles. The number of nitro benzene ring substituents is 1. The van der Waals surface area contributed by atoms with Gasteiger partial charge in [-0.2, -0.15) is 0 Å². The molecule has 1 aromatic carbocycles. The summed E-state index contributed by atoms with van der Waals surface area (Å²) in [4.78, 5) is 22.2. The normalized spacial score (nSPS) is 13.9. The third-order valence-electron chi connectivity index (χ3n) is 4.20. The lowest BCUT2D eigenvalue weighted by atomic mass is 10.0. The van der Waals surface area contributed by atoms with Crippen LogP contribution in [0.4, 0.5) is 10.5 Å². The van der Waals surface area contributed by atoms with Crippen LogP contribution in [0.5, 0.6) is 5.75 Å². The number of ether oxygens (including phenoxy) is 2. The quantitative estimate of drug-likeness (QED) is 0.180. The van der Waals surface area contributed by atoms with E-state index in [2.05, 4.69) is 13.8 Å². The molecule has 146 valence electrons. The maximum atomic E-state index is 12.0. The number of carbonyl (C=O) groups excluding carboxylic acids is 1. The molecule has 1 rings (SSSR count). The molecule has 0 bridgehead atoms. The van der Waals surface area contributed by atoms with Crippen molar-refractivity contribution in [1.82, 2.24) is 0 Å². The molecule has 0 heterocycles. The molecule has 1 aromatic rings. The minimum absolute atomic E-state index is 0.0755. The van der Waals surface area contributed by atoms with Gasteiger partial charge in [0.1, 0.15) is 11.9 Å². The second-order valence-electron chi connectivity index (χ2n) is 6.18. The summed E-state index contributed by atoms with van der Waals surface area (Å²) < 4.78 is 10.5. The summed E-state index contributed by atoms with van der Waals surface area (Å²) in [5, 5.41) is 10.7. The van der Waals surface area contributed by atoms with E-state index in [0.29, 0.717) is 0 Å². The highest BCUT2D eigenvalue weighted by Crippen LogP contribution is 2.20. The zero-order valence-corrected chi connectivity index (χ0v) is 16.5. The Bertz CT molecular complexity index is 744. The molecule has 1 unspecified atom stereocenters. The standard InChI is InChI=1S/C21H27NO5/c1-6-15(3)9-8-10-20(16(4)7-2)17(5)26-21(23)27-19-13-11-18(12-14-19)22(24)25/h8-14,17H,6-7H2,1-5H3/b10-8-,15-9+,20-16-. The van der Waals surface area contributed by atoms with Gasteiger partial charge in [-0.05, 0) is 51.3 Å².